The highest BCUT2D eigenvalue weighted by atomic mass is 16.6. The molecule has 1 amide bonds. The standard InChI is InChI=1S/C18H13N5O7/c24-15(25)9-27-16-8-20-14(29-16)7-21-17(26)11-2-1-5-19-18(11)28-10-3-4-12-13(6-10)23-30-22-12/h1-6,8H,7,9H2,(H,21,26)(H,24,25). The predicted molar refractivity (Wildman–Crippen MR) is 96.9 cm³/mol. The van der Waals surface area contributed by atoms with Crippen molar-refractivity contribution in [3.63, 3.8) is 0 Å². The highest BCUT2D eigenvalue weighted by molar-refractivity contribution is 5.96. The van der Waals surface area contributed by atoms with Crippen LogP contribution in [0.25, 0.3) is 11.0 Å². The molecule has 0 unspecified atom stereocenters. The summed E-state index contributed by atoms with van der Waals surface area (Å²) < 4.78 is 20.4. The first-order valence-electron chi connectivity index (χ1n) is 8.51. The van der Waals surface area contributed by atoms with E-state index in [1.165, 1.54) is 12.4 Å². The van der Waals surface area contributed by atoms with E-state index in [9.17, 15) is 9.59 Å². The molecule has 4 rings (SSSR count). The molecule has 3 aromatic heterocycles. The summed E-state index contributed by atoms with van der Waals surface area (Å²) in [4.78, 5) is 31.1. The molecule has 0 aliphatic carbocycles. The summed E-state index contributed by atoms with van der Waals surface area (Å²) in [6, 6.07) is 8.05. The number of ether oxygens (including phenoxy) is 2. The summed E-state index contributed by atoms with van der Waals surface area (Å²) >= 11 is 0. The zero-order valence-corrected chi connectivity index (χ0v) is 15.1. The fourth-order valence-electron chi connectivity index (χ4n) is 2.41. The average molecular weight is 411 g/mol. The number of carbonyl (C=O) groups excluding carboxylic acids is 1. The van der Waals surface area contributed by atoms with Gasteiger partial charge in [-0.2, -0.15) is 0 Å². The zero-order valence-electron chi connectivity index (χ0n) is 15.1. The molecule has 0 radical (unpaired) electrons. The van der Waals surface area contributed by atoms with Gasteiger partial charge in [0, 0.05) is 12.3 Å². The molecule has 0 spiro atoms. The lowest BCUT2D eigenvalue weighted by Gasteiger charge is -2.09. The summed E-state index contributed by atoms with van der Waals surface area (Å²) in [6.45, 7) is -0.617. The largest absolute Gasteiger partial charge is 0.479 e. The van der Waals surface area contributed by atoms with Crippen LogP contribution >= 0.6 is 0 Å². The summed E-state index contributed by atoms with van der Waals surface area (Å²) in [5.41, 5.74) is 1.25. The van der Waals surface area contributed by atoms with Gasteiger partial charge >= 0.3 is 11.9 Å². The van der Waals surface area contributed by atoms with Crippen LogP contribution in [0.3, 0.4) is 0 Å². The van der Waals surface area contributed by atoms with Gasteiger partial charge in [0.15, 0.2) is 6.61 Å². The van der Waals surface area contributed by atoms with E-state index >= 15 is 0 Å². The molecule has 0 atom stereocenters. The van der Waals surface area contributed by atoms with Gasteiger partial charge in [-0.1, -0.05) is 0 Å². The number of fused-ring (bicyclic) bond motifs is 1. The molecule has 2 N–H and O–H groups in total. The fraction of sp³-hybridized carbons (Fsp3) is 0.111. The number of amides is 1. The van der Waals surface area contributed by atoms with Gasteiger partial charge in [0.2, 0.25) is 11.8 Å². The van der Waals surface area contributed by atoms with Crippen molar-refractivity contribution in [2.75, 3.05) is 6.61 Å². The first-order valence-corrected chi connectivity index (χ1v) is 8.51. The first-order chi connectivity index (χ1) is 14.6. The third-order valence-electron chi connectivity index (χ3n) is 3.73. The fourth-order valence-corrected chi connectivity index (χ4v) is 2.41. The molecule has 0 aliphatic heterocycles. The summed E-state index contributed by atoms with van der Waals surface area (Å²) in [7, 11) is 0. The third-order valence-corrected chi connectivity index (χ3v) is 3.73. The van der Waals surface area contributed by atoms with Crippen LogP contribution in [0.5, 0.6) is 17.6 Å². The highest BCUT2D eigenvalue weighted by Crippen LogP contribution is 2.25. The number of aliphatic carboxylic acids is 1. The van der Waals surface area contributed by atoms with Crippen molar-refractivity contribution in [3.05, 3.63) is 54.2 Å². The van der Waals surface area contributed by atoms with Gasteiger partial charge in [-0.05, 0) is 34.6 Å². The molecule has 1 aromatic carbocycles. The highest BCUT2D eigenvalue weighted by Gasteiger charge is 2.16. The molecule has 0 fully saturated rings. The van der Waals surface area contributed by atoms with E-state index in [4.69, 9.17) is 19.0 Å². The number of benzene rings is 1. The Kier molecular flexibility index (Phi) is 5.19. The lowest BCUT2D eigenvalue weighted by atomic mass is 10.2. The normalized spacial score (nSPS) is 10.7. The van der Waals surface area contributed by atoms with Crippen molar-refractivity contribution in [2.24, 2.45) is 0 Å². The minimum Gasteiger partial charge on any atom is -0.479 e. The van der Waals surface area contributed by atoms with Crippen molar-refractivity contribution in [1.29, 1.82) is 0 Å². The molecule has 152 valence electrons. The lowest BCUT2D eigenvalue weighted by Crippen LogP contribution is -2.23. The Bertz CT molecular complexity index is 1200. The second kappa shape index (κ2) is 8.26. The van der Waals surface area contributed by atoms with Crippen molar-refractivity contribution in [2.45, 2.75) is 6.54 Å². The van der Waals surface area contributed by atoms with E-state index in [0.717, 1.165) is 0 Å². The number of rotatable bonds is 8. The molecule has 30 heavy (non-hydrogen) atoms. The number of pyridine rings is 1. The Labute approximate surface area is 167 Å². The Morgan fingerprint density at radius 1 is 1.13 bits per heavy atom. The Hall–Kier alpha value is -4.48. The maximum atomic E-state index is 12.6. The van der Waals surface area contributed by atoms with Gasteiger partial charge in [0.05, 0.1) is 6.54 Å². The SMILES string of the molecule is O=C(O)COc1cnc(CNC(=O)c2cccnc2Oc2ccc3nonc3c2)o1. The van der Waals surface area contributed by atoms with Crippen molar-refractivity contribution >= 4 is 22.9 Å². The quantitative estimate of drug-likeness (QED) is 0.434. The molecular formula is C18H13N5O7. The van der Waals surface area contributed by atoms with Gasteiger partial charge in [-0.25, -0.2) is 19.4 Å². The minimum atomic E-state index is -1.15. The third kappa shape index (κ3) is 4.32. The Morgan fingerprint density at radius 2 is 2.00 bits per heavy atom. The number of hydrogen-bond donors (Lipinski definition) is 2. The number of hydrogen-bond acceptors (Lipinski definition) is 10. The molecule has 0 saturated heterocycles. The summed E-state index contributed by atoms with van der Waals surface area (Å²) in [5.74, 6) is -1.07. The van der Waals surface area contributed by atoms with Crippen LogP contribution in [0.1, 0.15) is 16.2 Å². The zero-order chi connectivity index (χ0) is 20.9. The summed E-state index contributed by atoms with van der Waals surface area (Å²) in [5, 5.41) is 18.7. The number of oxazole rings is 1. The van der Waals surface area contributed by atoms with Crippen LogP contribution < -0.4 is 14.8 Å². The lowest BCUT2D eigenvalue weighted by molar-refractivity contribution is -0.139. The molecule has 3 heterocycles. The molecule has 12 nitrogen and oxygen atoms in total. The Morgan fingerprint density at radius 3 is 2.87 bits per heavy atom. The van der Waals surface area contributed by atoms with Gasteiger partial charge in [-0.15, -0.1) is 0 Å². The van der Waals surface area contributed by atoms with Gasteiger partial charge < -0.3 is 24.3 Å². The number of nitrogens with zero attached hydrogens (tertiary/aromatic N) is 4. The van der Waals surface area contributed by atoms with E-state index in [1.54, 1.807) is 30.3 Å². The van der Waals surface area contributed by atoms with E-state index < -0.39 is 18.5 Å². The summed E-state index contributed by atoms with van der Waals surface area (Å²) in [6.07, 6.45) is 2.71. The number of nitrogens with one attached hydrogen (secondary N) is 1. The van der Waals surface area contributed by atoms with Crippen molar-refractivity contribution < 1.29 is 33.2 Å². The first kappa shape index (κ1) is 18.9. The number of carbonyl (C=O) groups is 2. The van der Waals surface area contributed by atoms with Gasteiger partial charge in [0.1, 0.15) is 28.5 Å². The van der Waals surface area contributed by atoms with E-state index in [1.807, 2.05) is 0 Å². The van der Waals surface area contributed by atoms with Gasteiger partial charge in [0.25, 0.3) is 5.91 Å². The van der Waals surface area contributed by atoms with E-state index in [-0.39, 0.29) is 29.8 Å². The average Bonchev–Trinajstić information content (AvgIpc) is 3.40. The number of aromatic nitrogens is 4. The van der Waals surface area contributed by atoms with Crippen LogP contribution in [-0.2, 0) is 11.3 Å². The minimum absolute atomic E-state index is 0.0554. The maximum Gasteiger partial charge on any atom is 0.341 e. The molecule has 12 heteroatoms. The van der Waals surface area contributed by atoms with Crippen LogP contribution in [0.15, 0.2) is 51.8 Å². The van der Waals surface area contributed by atoms with E-state index in [2.05, 4.69) is 30.2 Å². The molecule has 0 saturated carbocycles. The van der Waals surface area contributed by atoms with Crippen LogP contribution in [0, 0.1) is 0 Å². The molecular weight excluding hydrogens is 398 g/mol. The Balaban J connectivity index is 1.42. The van der Waals surface area contributed by atoms with Crippen molar-refractivity contribution in [3.8, 4) is 17.6 Å². The van der Waals surface area contributed by atoms with Crippen LogP contribution in [0.4, 0.5) is 0 Å². The van der Waals surface area contributed by atoms with Crippen LogP contribution in [0.2, 0.25) is 0 Å². The second-order valence-corrected chi connectivity index (χ2v) is 5.81. The molecule has 0 aliphatic rings. The van der Waals surface area contributed by atoms with E-state index in [0.29, 0.717) is 16.8 Å². The maximum absolute atomic E-state index is 12.6. The van der Waals surface area contributed by atoms with Crippen molar-refractivity contribution in [1.82, 2.24) is 25.6 Å². The molecule has 4 aromatic rings. The number of carboxylic acid groups (broad SMARTS) is 1. The number of carboxylic acids is 1. The smallest absolute Gasteiger partial charge is 0.341 e. The molecule has 0 bridgehead atoms. The topological polar surface area (TPSA) is 163 Å². The monoisotopic (exact) mass is 411 g/mol. The predicted octanol–water partition coefficient (Wildman–Crippen LogP) is 1.79. The van der Waals surface area contributed by atoms with Gasteiger partial charge in [-0.3, -0.25) is 4.79 Å². The second-order valence-electron chi connectivity index (χ2n) is 5.81. The van der Waals surface area contributed by atoms with Crippen LogP contribution in [-0.4, -0.2) is 43.9 Å².